The molecule has 0 N–H and O–H groups in total. The fraction of sp³-hybridized carbons (Fsp3) is 0. The zero-order valence-electron chi connectivity index (χ0n) is 16.1. The Hall–Kier alpha value is -2.76. The van der Waals surface area contributed by atoms with E-state index in [2.05, 4.69) is 103 Å². The Balaban J connectivity index is 0.00000240. The van der Waals surface area contributed by atoms with Crippen LogP contribution in [0.15, 0.2) is 121 Å². The Labute approximate surface area is 192 Å². The maximum Gasteiger partial charge on any atom is 0 e. The average Bonchev–Trinajstić information content (AvgIpc) is 2.79. The molecule has 0 fully saturated rings. The molecule has 138 valence electrons. The smallest absolute Gasteiger partial charge is 0 e. The van der Waals surface area contributed by atoms with Gasteiger partial charge in [-0.1, -0.05) is 132 Å². The summed E-state index contributed by atoms with van der Waals surface area (Å²) in [6.07, 6.45) is 5.91. The molecule has 0 saturated heterocycles. The van der Waals surface area contributed by atoms with Crippen LogP contribution in [0.4, 0.5) is 0 Å². The van der Waals surface area contributed by atoms with Crippen LogP contribution in [0.2, 0.25) is 0 Å². The molecule has 0 aliphatic heterocycles. The number of benzene rings is 4. The molecule has 0 aliphatic rings. The fourth-order valence-corrected chi connectivity index (χ4v) is 3.20. The van der Waals surface area contributed by atoms with Crippen LogP contribution in [0.3, 0.4) is 0 Å². The van der Waals surface area contributed by atoms with Gasteiger partial charge in [-0.05, 0) is 5.56 Å². The number of hydrogen-bond acceptors (Lipinski definition) is 0. The first kappa shape index (κ1) is 21.0. The van der Waals surface area contributed by atoms with Gasteiger partial charge in [0, 0.05) is 26.2 Å². The minimum atomic E-state index is 0. The molecule has 0 nitrogen and oxygen atoms in total. The van der Waals surface area contributed by atoms with E-state index >= 15 is 0 Å². The van der Waals surface area contributed by atoms with Crippen LogP contribution in [0, 0.1) is 6.08 Å². The molecule has 0 aromatic heterocycles. The standard InChI is InChI=1S/C28H21.Zr/c1-5-13-23(14-6-1)21-27(25-17-9-3-10-18-25)28(26-19-11-4-12-20-26)22-24-15-7-2-8-16-24;/h1-21H;/q-1;. The Kier molecular flexibility index (Phi) is 7.73. The van der Waals surface area contributed by atoms with Crippen molar-refractivity contribution in [1.29, 1.82) is 0 Å². The Morgan fingerprint density at radius 3 is 1.52 bits per heavy atom. The summed E-state index contributed by atoms with van der Waals surface area (Å²) in [5, 5.41) is 0. The van der Waals surface area contributed by atoms with Gasteiger partial charge >= 0.3 is 0 Å². The van der Waals surface area contributed by atoms with E-state index in [-0.39, 0.29) is 26.2 Å². The Morgan fingerprint density at radius 1 is 0.517 bits per heavy atom. The van der Waals surface area contributed by atoms with Crippen molar-refractivity contribution in [3.63, 3.8) is 0 Å². The molecule has 0 bridgehead atoms. The zero-order chi connectivity index (χ0) is 19.0. The van der Waals surface area contributed by atoms with E-state index in [0.29, 0.717) is 0 Å². The summed E-state index contributed by atoms with van der Waals surface area (Å²) in [6.45, 7) is 0. The van der Waals surface area contributed by atoms with Crippen LogP contribution in [0.5, 0.6) is 0 Å². The van der Waals surface area contributed by atoms with Crippen LogP contribution in [-0.4, -0.2) is 0 Å². The van der Waals surface area contributed by atoms with Crippen LogP contribution in [-0.2, 0) is 26.2 Å². The number of allylic oxidation sites excluding steroid dienone is 2. The maximum atomic E-state index is 3.66. The number of rotatable bonds is 5. The largest absolute Gasteiger partial charge is 0.123 e. The fourth-order valence-electron chi connectivity index (χ4n) is 3.20. The molecule has 0 radical (unpaired) electrons. The van der Waals surface area contributed by atoms with Gasteiger partial charge < -0.3 is 0 Å². The summed E-state index contributed by atoms with van der Waals surface area (Å²) < 4.78 is 0. The van der Waals surface area contributed by atoms with Crippen molar-refractivity contribution in [3.05, 3.63) is 150 Å². The van der Waals surface area contributed by atoms with Crippen molar-refractivity contribution >= 4 is 17.2 Å². The van der Waals surface area contributed by atoms with Gasteiger partial charge in [-0.25, -0.2) is 0 Å². The van der Waals surface area contributed by atoms with Gasteiger partial charge in [0.05, 0.1) is 0 Å². The third-order valence-corrected chi connectivity index (χ3v) is 4.57. The van der Waals surface area contributed by atoms with Crippen molar-refractivity contribution < 1.29 is 26.2 Å². The molecule has 4 rings (SSSR count). The van der Waals surface area contributed by atoms with Crippen molar-refractivity contribution in [3.8, 4) is 0 Å². The SMILES string of the molecule is [C-](=C(C(=Cc1ccccc1)c1ccccc1)c1ccccc1)c1ccccc1.[Zr]. The van der Waals surface area contributed by atoms with E-state index in [1.54, 1.807) is 0 Å². The molecule has 0 amide bonds. The monoisotopic (exact) mass is 447 g/mol. The van der Waals surface area contributed by atoms with E-state index < -0.39 is 0 Å². The zero-order valence-corrected chi connectivity index (χ0v) is 18.6. The summed E-state index contributed by atoms with van der Waals surface area (Å²) in [5.41, 5.74) is 6.80. The molecule has 4 aromatic carbocycles. The summed E-state index contributed by atoms with van der Waals surface area (Å²) in [6, 6.07) is 41.8. The molecule has 0 aliphatic carbocycles. The van der Waals surface area contributed by atoms with Gasteiger partial charge in [-0.15, -0.1) is 29.3 Å². The first-order valence-electron chi connectivity index (χ1n) is 9.47. The maximum absolute atomic E-state index is 3.66. The van der Waals surface area contributed by atoms with Gasteiger partial charge in [-0.3, -0.25) is 0 Å². The minimum absolute atomic E-state index is 0. The molecule has 0 unspecified atom stereocenters. The molecular weight excluding hydrogens is 428 g/mol. The van der Waals surface area contributed by atoms with Crippen LogP contribution in [0.1, 0.15) is 22.3 Å². The molecule has 0 atom stereocenters. The van der Waals surface area contributed by atoms with Crippen molar-refractivity contribution in [1.82, 2.24) is 0 Å². The second-order valence-corrected chi connectivity index (χ2v) is 6.57. The van der Waals surface area contributed by atoms with Crippen LogP contribution < -0.4 is 0 Å². The molecule has 29 heavy (non-hydrogen) atoms. The van der Waals surface area contributed by atoms with Crippen LogP contribution >= 0.6 is 0 Å². The van der Waals surface area contributed by atoms with Crippen LogP contribution in [0.25, 0.3) is 17.2 Å². The van der Waals surface area contributed by atoms with E-state index in [1.807, 2.05) is 30.3 Å². The van der Waals surface area contributed by atoms with Crippen molar-refractivity contribution in [2.75, 3.05) is 0 Å². The topological polar surface area (TPSA) is 0 Å². The van der Waals surface area contributed by atoms with E-state index in [9.17, 15) is 0 Å². The van der Waals surface area contributed by atoms with Gasteiger partial charge in [0.2, 0.25) is 0 Å². The van der Waals surface area contributed by atoms with E-state index in [0.717, 1.165) is 22.3 Å². The Morgan fingerprint density at radius 2 is 0.966 bits per heavy atom. The molecule has 0 saturated carbocycles. The third-order valence-electron chi connectivity index (χ3n) is 4.57. The third kappa shape index (κ3) is 5.62. The molecule has 0 spiro atoms. The number of hydrogen-bond donors (Lipinski definition) is 0. The van der Waals surface area contributed by atoms with Gasteiger partial charge in [0.1, 0.15) is 0 Å². The van der Waals surface area contributed by atoms with Gasteiger partial charge in [0.15, 0.2) is 0 Å². The summed E-state index contributed by atoms with van der Waals surface area (Å²) in [7, 11) is 0. The van der Waals surface area contributed by atoms with Crippen molar-refractivity contribution in [2.45, 2.75) is 0 Å². The van der Waals surface area contributed by atoms with E-state index in [1.165, 1.54) is 11.1 Å². The van der Waals surface area contributed by atoms with E-state index in [4.69, 9.17) is 0 Å². The van der Waals surface area contributed by atoms with Crippen molar-refractivity contribution in [2.24, 2.45) is 0 Å². The molecular formula is C28H21Zr-. The average molecular weight is 449 g/mol. The first-order valence-corrected chi connectivity index (χ1v) is 9.47. The normalized spacial score (nSPS) is 11.6. The summed E-state index contributed by atoms with van der Waals surface area (Å²) in [4.78, 5) is 0. The summed E-state index contributed by atoms with van der Waals surface area (Å²) in [5.74, 6) is 0. The second-order valence-electron chi connectivity index (χ2n) is 6.57. The second kappa shape index (κ2) is 10.7. The van der Waals surface area contributed by atoms with Gasteiger partial charge in [-0.2, -0.15) is 0 Å². The Bertz CT molecular complexity index is 973. The molecule has 1 heteroatoms. The minimum Gasteiger partial charge on any atom is -0.123 e. The molecule has 4 aromatic rings. The quantitative estimate of drug-likeness (QED) is 0.173. The first-order chi connectivity index (χ1) is 13.9. The predicted molar refractivity (Wildman–Crippen MR) is 119 cm³/mol. The summed E-state index contributed by atoms with van der Waals surface area (Å²) >= 11 is 0. The molecule has 0 heterocycles. The van der Waals surface area contributed by atoms with Gasteiger partial charge in [0.25, 0.3) is 0 Å². The predicted octanol–water partition coefficient (Wildman–Crippen LogP) is 7.16.